The zero-order valence-corrected chi connectivity index (χ0v) is 20.3. The van der Waals surface area contributed by atoms with Crippen molar-refractivity contribution in [1.29, 1.82) is 0 Å². The molecule has 35 heavy (non-hydrogen) atoms. The molecule has 0 bridgehead atoms. The van der Waals surface area contributed by atoms with Crippen LogP contribution in [-0.2, 0) is 22.5 Å². The molecular formula is C27H33N5O3. The first kappa shape index (κ1) is 23.5. The fraction of sp³-hybridized carbons (Fsp3) is 0.481. The third-order valence-electron chi connectivity index (χ3n) is 7.04. The first-order chi connectivity index (χ1) is 17.1. The maximum Gasteiger partial charge on any atom is 0.254 e. The van der Waals surface area contributed by atoms with E-state index in [2.05, 4.69) is 15.3 Å². The third kappa shape index (κ3) is 5.53. The van der Waals surface area contributed by atoms with Crippen LogP contribution >= 0.6 is 0 Å². The molecule has 1 unspecified atom stereocenters. The van der Waals surface area contributed by atoms with Crippen molar-refractivity contribution in [3.8, 4) is 0 Å². The van der Waals surface area contributed by atoms with Crippen LogP contribution in [0.3, 0.4) is 0 Å². The highest BCUT2D eigenvalue weighted by atomic mass is 16.5. The van der Waals surface area contributed by atoms with E-state index >= 15 is 0 Å². The molecule has 8 nitrogen and oxygen atoms in total. The summed E-state index contributed by atoms with van der Waals surface area (Å²) in [6.45, 7) is 4.28. The number of carbonyl (C=O) groups is 2. The number of fused-ring (bicyclic) bond motifs is 1. The zero-order valence-electron chi connectivity index (χ0n) is 20.3. The van der Waals surface area contributed by atoms with Crippen molar-refractivity contribution in [2.75, 3.05) is 25.0 Å². The Morgan fingerprint density at radius 2 is 2.03 bits per heavy atom. The standard InChI is InChI=1S/C27H33N5O3/c1-19(33)30-25-15-21(27(34)32(16-20-6-4-7-20)17-23-9-5-13-35-23)14-24-26(25)31(18-29-24)12-10-22-8-2-3-11-28-22/h2-3,8,11,14-15,18,20,23H,4-7,9-10,12-13,16-17H2,1H3,(H,30,33). The van der Waals surface area contributed by atoms with Gasteiger partial charge in [0.2, 0.25) is 5.91 Å². The van der Waals surface area contributed by atoms with E-state index < -0.39 is 0 Å². The third-order valence-corrected chi connectivity index (χ3v) is 7.04. The van der Waals surface area contributed by atoms with Gasteiger partial charge in [-0.3, -0.25) is 14.6 Å². The van der Waals surface area contributed by atoms with Gasteiger partial charge in [-0.15, -0.1) is 0 Å². The summed E-state index contributed by atoms with van der Waals surface area (Å²) in [5, 5.41) is 2.93. The molecule has 3 aromatic rings. The van der Waals surface area contributed by atoms with E-state index in [1.165, 1.54) is 26.2 Å². The summed E-state index contributed by atoms with van der Waals surface area (Å²) < 4.78 is 7.86. The number of nitrogens with one attached hydrogen (secondary N) is 1. The Morgan fingerprint density at radius 1 is 1.14 bits per heavy atom. The average molecular weight is 476 g/mol. The number of amides is 2. The van der Waals surface area contributed by atoms with Gasteiger partial charge in [0.25, 0.3) is 5.91 Å². The summed E-state index contributed by atoms with van der Waals surface area (Å²) in [6.07, 6.45) is 10.0. The number of nitrogens with zero attached hydrogens (tertiary/aromatic N) is 4. The van der Waals surface area contributed by atoms with E-state index in [9.17, 15) is 9.59 Å². The van der Waals surface area contributed by atoms with Crippen LogP contribution in [0.15, 0.2) is 42.9 Å². The smallest absolute Gasteiger partial charge is 0.254 e. The summed E-state index contributed by atoms with van der Waals surface area (Å²) in [4.78, 5) is 36.7. The van der Waals surface area contributed by atoms with Gasteiger partial charge in [-0.25, -0.2) is 4.98 Å². The number of anilines is 1. The fourth-order valence-corrected chi connectivity index (χ4v) is 5.01. The number of aromatic nitrogens is 3. The molecule has 2 aliphatic rings. The zero-order chi connectivity index (χ0) is 24.2. The number of imidazole rings is 1. The lowest BCUT2D eigenvalue weighted by atomic mass is 9.85. The van der Waals surface area contributed by atoms with Gasteiger partial charge < -0.3 is 19.5 Å². The minimum absolute atomic E-state index is 0.0241. The largest absolute Gasteiger partial charge is 0.376 e. The highest BCUT2D eigenvalue weighted by Crippen LogP contribution is 2.30. The van der Waals surface area contributed by atoms with Gasteiger partial charge in [-0.05, 0) is 55.9 Å². The van der Waals surface area contributed by atoms with Crippen LogP contribution in [-0.4, -0.2) is 57.0 Å². The molecule has 1 aliphatic carbocycles. The van der Waals surface area contributed by atoms with E-state index in [-0.39, 0.29) is 17.9 Å². The van der Waals surface area contributed by atoms with E-state index in [1.54, 1.807) is 18.6 Å². The van der Waals surface area contributed by atoms with Gasteiger partial charge in [-0.2, -0.15) is 0 Å². The van der Waals surface area contributed by atoms with Crippen LogP contribution in [0.2, 0.25) is 0 Å². The lowest BCUT2D eigenvalue weighted by molar-refractivity contribution is -0.114. The molecule has 1 N–H and O–H groups in total. The fourth-order valence-electron chi connectivity index (χ4n) is 5.01. The molecule has 1 saturated heterocycles. The minimum Gasteiger partial charge on any atom is -0.376 e. The van der Waals surface area contributed by atoms with Crippen LogP contribution in [0.25, 0.3) is 11.0 Å². The Balaban J connectivity index is 1.43. The quantitative estimate of drug-likeness (QED) is 0.504. The predicted octanol–water partition coefficient (Wildman–Crippen LogP) is 4.05. The molecule has 2 amide bonds. The second-order valence-corrected chi connectivity index (χ2v) is 9.72. The van der Waals surface area contributed by atoms with Crippen LogP contribution < -0.4 is 5.32 Å². The van der Waals surface area contributed by atoms with Crippen molar-refractivity contribution in [3.63, 3.8) is 0 Å². The van der Waals surface area contributed by atoms with Crippen molar-refractivity contribution >= 4 is 28.5 Å². The summed E-state index contributed by atoms with van der Waals surface area (Å²) in [5.41, 5.74) is 3.66. The second kappa shape index (κ2) is 10.6. The first-order valence-electron chi connectivity index (χ1n) is 12.6. The van der Waals surface area contributed by atoms with Crippen molar-refractivity contribution in [2.24, 2.45) is 5.92 Å². The van der Waals surface area contributed by atoms with Gasteiger partial charge in [0.05, 0.1) is 29.2 Å². The number of ether oxygens (including phenoxy) is 1. The SMILES string of the molecule is CC(=O)Nc1cc(C(=O)N(CC2CCC2)CC2CCCO2)cc2ncn(CCc3ccccn3)c12. The Morgan fingerprint density at radius 3 is 2.71 bits per heavy atom. The van der Waals surface area contributed by atoms with E-state index in [4.69, 9.17) is 4.74 Å². The number of hydrogen-bond acceptors (Lipinski definition) is 5. The van der Waals surface area contributed by atoms with E-state index in [0.29, 0.717) is 35.8 Å². The predicted molar refractivity (Wildman–Crippen MR) is 134 cm³/mol. The molecule has 1 saturated carbocycles. The highest BCUT2D eigenvalue weighted by molar-refractivity contribution is 6.05. The molecule has 3 heterocycles. The van der Waals surface area contributed by atoms with Crippen molar-refractivity contribution in [3.05, 3.63) is 54.1 Å². The van der Waals surface area contributed by atoms with Crippen LogP contribution in [0.1, 0.15) is 55.1 Å². The van der Waals surface area contributed by atoms with Crippen LogP contribution in [0, 0.1) is 5.92 Å². The average Bonchev–Trinajstić information content (AvgIpc) is 3.49. The highest BCUT2D eigenvalue weighted by Gasteiger charge is 2.29. The Kier molecular flexibility index (Phi) is 7.08. The summed E-state index contributed by atoms with van der Waals surface area (Å²) in [7, 11) is 0. The van der Waals surface area contributed by atoms with Gasteiger partial charge in [0, 0.05) is 57.0 Å². The number of rotatable bonds is 9. The molecule has 8 heteroatoms. The van der Waals surface area contributed by atoms with Crippen molar-refractivity contribution < 1.29 is 14.3 Å². The number of hydrogen-bond donors (Lipinski definition) is 1. The van der Waals surface area contributed by atoms with Crippen molar-refractivity contribution in [1.82, 2.24) is 19.4 Å². The molecule has 0 spiro atoms. The lowest BCUT2D eigenvalue weighted by Crippen LogP contribution is -2.41. The number of aryl methyl sites for hydroxylation is 2. The van der Waals surface area contributed by atoms with Crippen molar-refractivity contribution in [2.45, 2.75) is 58.1 Å². The lowest BCUT2D eigenvalue weighted by Gasteiger charge is -2.33. The number of pyridine rings is 1. The Hall–Kier alpha value is -3.26. The molecule has 2 aromatic heterocycles. The molecular weight excluding hydrogens is 442 g/mol. The molecule has 1 aromatic carbocycles. The van der Waals surface area contributed by atoms with Crippen LogP contribution in [0.4, 0.5) is 5.69 Å². The van der Waals surface area contributed by atoms with Gasteiger partial charge in [0.15, 0.2) is 0 Å². The molecule has 0 radical (unpaired) electrons. The first-order valence-corrected chi connectivity index (χ1v) is 12.6. The summed E-state index contributed by atoms with van der Waals surface area (Å²) in [6, 6.07) is 9.52. The molecule has 2 fully saturated rings. The molecule has 184 valence electrons. The van der Waals surface area contributed by atoms with E-state index in [1.807, 2.05) is 33.7 Å². The van der Waals surface area contributed by atoms with Crippen LogP contribution in [0.5, 0.6) is 0 Å². The van der Waals surface area contributed by atoms with Gasteiger partial charge in [-0.1, -0.05) is 12.5 Å². The Labute approximate surface area is 205 Å². The summed E-state index contributed by atoms with van der Waals surface area (Å²) >= 11 is 0. The second-order valence-electron chi connectivity index (χ2n) is 9.72. The normalized spacial score (nSPS) is 17.9. The van der Waals surface area contributed by atoms with E-state index in [0.717, 1.165) is 43.6 Å². The summed E-state index contributed by atoms with van der Waals surface area (Å²) in [5.74, 6) is 0.354. The van der Waals surface area contributed by atoms with Gasteiger partial charge >= 0.3 is 0 Å². The maximum atomic E-state index is 13.7. The number of benzene rings is 1. The van der Waals surface area contributed by atoms with Gasteiger partial charge in [0.1, 0.15) is 0 Å². The molecule has 1 atom stereocenters. The minimum atomic E-state index is -0.181. The molecule has 1 aliphatic heterocycles. The molecule has 5 rings (SSSR count). The monoisotopic (exact) mass is 475 g/mol. The Bertz CT molecular complexity index is 1180. The number of carbonyl (C=O) groups excluding carboxylic acids is 2. The maximum absolute atomic E-state index is 13.7. The topological polar surface area (TPSA) is 89.4 Å².